The predicted molar refractivity (Wildman–Crippen MR) is 165 cm³/mol. The molecule has 1 aliphatic heterocycles. The van der Waals surface area contributed by atoms with Crippen molar-refractivity contribution in [3.8, 4) is 0 Å². The molecule has 0 unspecified atom stereocenters. The number of benzene rings is 1. The first kappa shape index (κ1) is 35.5. The lowest BCUT2D eigenvalue weighted by Crippen LogP contribution is -2.79. The molecule has 1 aromatic rings. The first-order valence-electron chi connectivity index (χ1n) is 16.0. The molecule has 0 spiro atoms. The Labute approximate surface area is 278 Å². The Morgan fingerprint density at radius 1 is 0.875 bits per heavy atom. The van der Waals surface area contributed by atoms with E-state index in [4.69, 9.17) is 28.4 Å². The Balaban J connectivity index is 1.93. The average Bonchev–Trinajstić information content (AvgIpc) is 3.21. The number of aliphatic hydroxyl groups excluding tert-OH is 1. The zero-order valence-corrected chi connectivity index (χ0v) is 28.4. The number of hydrogen-bond acceptors (Lipinski definition) is 13. The number of carbonyl (C=O) groups is 5. The van der Waals surface area contributed by atoms with Gasteiger partial charge in [-0.3, -0.25) is 19.2 Å². The molecule has 1 aromatic carbocycles. The van der Waals surface area contributed by atoms with E-state index in [1.54, 1.807) is 32.0 Å². The van der Waals surface area contributed by atoms with Gasteiger partial charge in [0.05, 0.1) is 40.6 Å². The van der Waals surface area contributed by atoms with Crippen molar-refractivity contribution in [2.24, 2.45) is 16.7 Å². The second kappa shape index (κ2) is 12.3. The molecular weight excluding hydrogens is 628 g/mol. The van der Waals surface area contributed by atoms with Crippen LogP contribution >= 0.6 is 0 Å². The van der Waals surface area contributed by atoms with Gasteiger partial charge >= 0.3 is 29.8 Å². The first-order valence-corrected chi connectivity index (χ1v) is 16.0. The molecule has 0 aromatic heterocycles. The summed E-state index contributed by atoms with van der Waals surface area (Å²) in [5.41, 5.74) is -6.14. The van der Waals surface area contributed by atoms with Gasteiger partial charge in [0.1, 0.15) is 18.3 Å². The normalized spacial score (nSPS) is 37.0. The smallest absolute Gasteiger partial charge is 0.338 e. The van der Waals surface area contributed by atoms with Crippen LogP contribution in [0.5, 0.6) is 0 Å². The molecule has 2 saturated carbocycles. The number of aliphatic hydroxyl groups is 2. The third-order valence-corrected chi connectivity index (χ3v) is 10.8. The Morgan fingerprint density at radius 3 is 1.96 bits per heavy atom. The van der Waals surface area contributed by atoms with Crippen LogP contribution in [0.15, 0.2) is 41.5 Å². The summed E-state index contributed by atoms with van der Waals surface area (Å²) in [5.74, 6) is -4.96. The van der Waals surface area contributed by atoms with Gasteiger partial charge in [0, 0.05) is 34.1 Å². The molecule has 4 aliphatic rings. The highest BCUT2D eigenvalue weighted by molar-refractivity contribution is 5.89. The van der Waals surface area contributed by atoms with Crippen molar-refractivity contribution in [3.63, 3.8) is 0 Å². The van der Waals surface area contributed by atoms with Crippen LogP contribution in [0.1, 0.15) is 78.6 Å². The number of fused-ring (bicyclic) bond motifs is 4. The molecule has 10 atom stereocenters. The molecule has 13 nitrogen and oxygen atoms in total. The molecule has 262 valence electrons. The van der Waals surface area contributed by atoms with Gasteiger partial charge in [0.15, 0.2) is 17.8 Å². The molecule has 5 rings (SSSR count). The Kier molecular flexibility index (Phi) is 9.07. The number of hydrogen-bond donors (Lipinski definition) is 2. The second-order valence-electron chi connectivity index (χ2n) is 14.1. The molecule has 48 heavy (non-hydrogen) atoms. The van der Waals surface area contributed by atoms with E-state index in [0.29, 0.717) is 5.57 Å². The van der Waals surface area contributed by atoms with E-state index in [9.17, 15) is 34.2 Å². The standard InChI is InChI=1S/C35H44O13/c1-17-23(40)15-34(32(6,7)42)26(17)27(47-31(41)22-12-10-9-11-13-22)29(45-19(3)37)33(8)24(44-18(2)36)14-25-35(16-43-25,48-21(5)39)28(33)30(34)46-20(4)38/h9-13,23-25,27-30,40,42H,14-16H2,1-8H3/t23-,24-,25+,27+,28-,29-,30-,33+,34+,35-/m0/s1. The summed E-state index contributed by atoms with van der Waals surface area (Å²) in [7, 11) is 0. The van der Waals surface area contributed by atoms with Gasteiger partial charge in [-0.15, -0.1) is 0 Å². The summed E-state index contributed by atoms with van der Waals surface area (Å²) in [6.07, 6.45) is -7.94. The Bertz CT molecular complexity index is 1530. The van der Waals surface area contributed by atoms with Crippen LogP contribution in [0.25, 0.3) is 0 Å². The fraction of sp³-hybridized carbons (Fsp3) is 0.629. The van der Waals surface area contributed by atoms with Crippen LogP contribution in [0.3, 0.4) is 0 Å². The van der Waals surface area contributed by atoms with Crippen LogP contribution in [0.4, 0.5) is 0 Å². The summed E-state index contributed by atoms with van der Waals surface area (Å²) in [4.78, 5) is 65.7. The zero-order chi connectivity index (χ0) is 35.6. The van der Waals surface area contributed by atoms with Crippen LogP contribution in [0, 0.1) is 16.7 Å². The van der Waals surface area contributed by atoms with Crippen LogP contribution in [-0.4, -0.2) is 94.5 Å². The summed E-state index contributed by atoms with van der Waals surface area (Å²) in [5, 5.41) is 23.9. The highest BCUT2D eigenvalue weighted by Gasteiger charge is 2.80. The maximum atomic E-state index is 13.9. The lowest BCUT2D eigenvalue weighted by Gasteiger charge is -2.65. The molecule has 0 radical (unpaired) electrons. The number of esters is 5. The van der Waals surface area contributed by atoms with E-state index in [1.165, 1.54) is 46.8 Å². The summed E-state index contributed by atoms with van der Waals surface area (Å²) in [6.45, 7) is 10.8. The molecule has 2 N–H and O–H groups in total. The van der Waals surface area contributed by atoms with E-state index in [-0.39, 0.29) is 30.6 Å². The molecule has 0 bridgehead atoms. The van der Waals surface area contributed by atoms with E-state index in [0.717, 1.165) is 6.92 Å². The van der Waals surface area contributed by atoms with Crippen molar-refractivity contribution in [2.45, 2.75) is 116 Å². The van der Waals surface area contributed by atoms with Crippen LogP contribution < -0.4 is 0 Å². The zero-order valence-electron chi connectivity index (χ0n) is 28.4. The van der Waals surface area contributed by atoms with Gasteiger partial charge in [-0.05, 0) is 50.5 Å². The van der Waals surface area contributed by atoms with E-state index < -0.39 is 94.4 Å². The van der Waals surface area contributed by atoms with E-state index in [1.807, 2.05) is 0 Å². The molecule has 1 heterocycles. The van der Waals surface area contributed by atoms with Crippen molar-refractivity contribution in [1.82, 2.24) is 0 Å². The molecule has 13 heteroatoms. The topological polar surface area (TPSA) is 181 Å². The first-order chi connectivity index (χ1) is 22.3. The minimum atomic E-state index is -1.84. The molecule has 3 fully saturated rings. The van der Waals surface area contributed by atoms with Gasteiger partial charge in [-0.2, -0.15) is 0 Å². The van der Waals surface area contributed by atoms with Gasteiger partial charge in [-0.1, -0.05) is 25.1 Å². The summed E-state index contributed by atoms with van der Waals surface area (Å²) in [6, 6.07) is 8.08. The van der Waals surface area contributed by atoms with Crippen molar-refractivity contribution < 1.29 is 62.6 Å². The fourth-order valence-electron chi connectivity index (χ4n) is 8.97. The monoisotopic (exact) mass is 672 g/mol. The summed E-state index contributed by atoms with van der Waals surface area (Å²) < 4.78 is 36.7. The molecule has 0 amide bonds. The second-order valence-corrected chi connectivity index (χ2v) is 14.1. The van der Waals surface area contributed by atoms with Crippen molar-refractivity contribution in [2.75, 3.05) is 6.61 Å². The molecule has 1 saturated heterocycles. The summed E-state index contributed by atoms with van der Waals surface area (Å²) >= 11 is 0. The minimum Gasteiger partial charge on any atom is -0.462 e. The minimum absolute atomic E-state index is 0.0278. The predicted octanol–water partition coefficient (Wildman–Crippen LogP) is 2.59. The van der Waals surface area contributed by atoms with Crippen LogP contribution in [-0.2, 0) is 47.6 Å². The number of ether oxygens (including phenoxy) is 6. The van der Waals surface area contributed by atoms with Gasteiger partial charge < -0.3 is 38.6 Å². The maximum absolute atomic E-state index is 13.9. The SMILES string of the molecule is CC(=O)O[C@H]1C[C@H]2OC[C@@]2(OC(C)=O)[C@H]2[C@H](OC(C)=O)[C@@]3(C(C)(C)O)C[C@H](O)C(C)=C3[C@@H](OC(=O)c3ccccc3)[C@H](OC(C)=O)[C@]12C. The number of rotatable bonds is 7. The van der Waals surface area contributed by atoms with Gasteiger partial charge in [0.25, 0.3) is 0 Å². The molecule has 3 aliphatic carbocycles. The quantitative estimate of drug-likeness (QED) is 0.245. The van der Waals surface area contributed by atoms with Gasteiger partial charge in [-0.25, -0.2) is 4.79 Å². The molecular formula is C35H44O13. The van der Waals surface area contributed by atoms with Gasteiger partial charge in [0.2, 0.25) is 0 Å². The van der Waals surface area contributed by atoms with Crippen molar-refractivity contribution in [1.29, 1.82) is 0 Å². The van der Waals surface area contributed by atoms with Crippen molar-refractivity contribution >= 4 is 29.8 Å². The van der Waals surface area contributed by atoms with E-state index in [2.05, 4.69) is 0 Å². The highest BCUT2D eigenvalue weighted by atomic mass is 16.6. The lowest BCUT2D eigenvalue weighted by molar-refractivity contribution is -0.352. The maximum Gasteiger partial charge on any atom is 0.338 e. The van der Waals surface area contributed by atoms with E-state index >= 15 is 0 Å². The third-order valence-electron chi connectivity index (χ3n) is 10.8. The Hall–Kier alpha value is -3.81. The largest absolute Gasteiger partial charge is 0.462 e. The fourth-order valence-corrected chi connectivity index (χ4v) is 8.97. The Morgan fingerprint density at radius 2 is 1.46 bits per heavy atom. The van der Waals surface area contributed by atoms with Crippen molar-refractivity contribution in [3.05, 3.63) is 47.0 Å². The highest BCUT2D eigenvalue weighted by Crippen LogP contribution is 2.68. The third kappa shape index (κ3) is 5.39. The number of carbonyl (C=O) groups excluding carboxylic acids is 5. The lowest BCUT2D eigenvalue weighted by atomic mass is 9.49. The van der Waals surface area contributed by atoms with Crippen LogP contribution in [0.2, 0.25) is 0 Å². The average molecular weight is 673 g/mol.